The molecule has 2 aromatic rings. The Balaban J connectivity index is 1.66. The number of nitrogens with zero attached hydrogens (tertiary/aromatic N) is 1. The largest absolute Gasteiger partial charge is 0.448 e. The van der Waals surface area contributed by atoms with E-state index < -0.39 is 29.4 Å². The van der Waals surface area contributed by atoms with Crippen molar-refractivity contribution in [1.29, 1.82) is 0 Å². The minimum Gasteiger partial charge on any atom is -0.448 e. The molecule has 4 rings (SSSR count). The van der Waals surface area contributed by atoms with Crippen LogP contribution in [0.5, 0.6) is 0 Å². The maximum absolute atomic E-state index is 13.6. The van der Waals surface area contributed by atoms with Crippen LogP contribution in [0.1, 0.15) is 17.2 Å². The molecule has 9 heteroatoms. The predicted molar refractivity (Wildman–Crippen MR) is 133 cm³/mol. The van der Waals surface area contributed by atoms with Gasteiger partial charge < -0.3 is 10.1 Å². The molecule has 0 unspecified atom stereocenters. The molecule has 2 heterocycles. The number of β-lactam (4-membered cyclic amide) rings is 1. The fraction of sp³-hybridized carbons (Fsp3) is 0.240. The van der Waals surface area contributed by atoms with E-state index >= 15 is 0 Å². The van der Waals surface area contributed by atoms with Crippen LogP contribution in [0.2, 0.25) is 0 Å². The smallest absolute Gasteiger partial charge is 0.356 e. The number of halogens is 2. The molecule has 0 saturated carbocycles. The number of carbonyl (C=O) groups excluding carboxylic acids is 3. The van der Waals surface area contributed by atoms with Gasteiger partial charge in [-0.2, -0.15) is 0 Å². The Labute approximate surface area is 211 Å². The van der Waals surface area contributed by atoms with Gasteiger partial charge >= 0.3 is 5.97 Å². The Bertz CT molecular complexity index is 1080. The van der Waals surface area contributed by atoms with Gasteiger partial charge in [-0.25, -0.2) is 4.79 Å². The Hall–Kier alpha value is -2.74. The molecule has 2 amide bonds. The summed E-state index contributed by atoms with van der Waals surface area (Å²) < 4.78 is 6.04. The number of hydrogen-bond donors (Lipinski definition) is 1. The van der Waals surface area contributed by atoms with Gasteiger partial charge in [0.25, 0.3) is 5.91 Å². The summed E-state index contributed by atoms with van der Waals surface area (Å²) in [4.78, 5) is 39.7. The third-order valence-electron chi connectivity index (χ3n) is 5.47. The second kappa shape index (κ2) is 11.1. The Morgan fingerprint density at radius 2 is 1.71 bits per heavy atom. The van der Waals surface area contributed by atoms with E-state index in [1.807, 2.05) is 60.7 Å². The molecule has 1 fully saturated rings. The summed E-state index contributed by atoms with van der Waals surface area (Å²) in [5.74, 6) is -0.955. The fourth-order valence-electron chi connectivity index (χ4n) is 3.91. The summed E-state index contributed by atoms with van der Waals surface area (Å²) in [5, 5.41) is 2.21. The van der Waals surface area contributed by atoms with Crippen molar-refractivity contribution in [3.05, 3.63) is 95.2 Å². The monoisotopic (exact) mass is 516 g/mol. The minimum absolute atomic E-state index is 0.170. The molecule has 1 N–H and O–H groups in total. The van der Waals surface area contributed by atoms with Crippen LogP contribution in [0.3, 0.4) is 0 Å². The van der Waals surface area contributed by atoms with Gasteiger partial charge in [0.15, 0.2) is 6.10 Å². The molecule has 34 heavy (non-hydrogen) atoms. The van der Waals surface area contributed by atoms with Crippen molar-refractivity contribution in [3.63, 3.8) is 0 Å². The van der Waals surface area contributed by atoms with Gasteiger partial charge in [-0.15, -0.1) is 35.0 Å². The summed E-state index contributed by atoms with van der Waals surface area (Å²) in [7, 11) is 0. The molecule has 1 saturated heterocycles. The normalized spacial score (nSPS) is 19.7. The minimum atomic E-state index is -0.739. The van der Waals surface area contributed by atoms with Crippen LogP contribution in [-0.2, 0) is 19.1 Å². The average Bonchev–Trinajstić information content (AvgIpc) is 2.89. The zero-order valence-corrected chi connectivity index (χ0v) is 20.4. The first-order valence-corrected chi connectivity index (χ1v) is 12.7. The van der Waals surface area contributed by atoms with Crippen LogP contribution in [0.25, 0.3) is 0 Å². The molecule has 2 atom stereocenters. The summed E-state index contributed by atoms with van der Waals surface area (Å²) in [6.45, 7) is 0. The van der Waals surface area contributed by atoms with Gasteiger partial charge in [0.05, 0.1) is 0 Å². The number of allylic oxidation sites excluding steroid dienone is 2. The van der Waals surface area contributed by atoms with E-state index in [1.54, 1.807) is 12.2 Å². The molecular formula is C25H22Cl2N2O4S. The topological polar surface area (TPSA) is 75.7 Å². The van der Waals surface area contributed by atoms with Gasteiger partial charge in [-0.3, -0.25) is 14.5 Å². The lowest BCUT2D eigenvalue weighted by atomic mass is 10.0. The predicted octanol–water partition coefficient (Wildman–Crippen LogP) is 4.01. The molecule has 0 aromatic heterocycles. The van der Waals surface area contributed by atoms with Gasteiger partial charge in [0.1, 0.15) is 23.0 Å². The Morgan fingerprint density at radius 3 is 2.26 bits per heavy atom. The highest BCUT2D eigenvalue weighted by molar-refractivity contribution is 8.00. The molecule has 2 aromatic carbocycles. The summed E-state index contributed by atoms with van der Waals surface area (Å²) in [6, 6.07) is 18.1. The number of nitrogens with one attached hydrogen (secondary N) is 1. The standard InChI is InChI=1S/C25H22Cl2N2O4S/c26-13-7-12-18-15-34-24-20(28-19(30)14-27)23(31)29(24)21(18)25(32)33-22(16-8-3-1-4-9-16)17-10-5-2-6-11-17/h1-12,20,22,24H,13-15H2,(H,28,30)/b12-7+/t20-,24+/m1/s1. The number of fused-ring (bicyclic) bond motifs is 1. The molecule has 176 valence electrons. The zero-order valence-electron chi connectivity index (χ0n) is 18.0. The lowest BCUT2D eigenvalue weighted by Gasteiger charge is -2.49. The highest BCUT2D eigenvalue weighted by atomic mass is 35.5. The van der Waals surface area contributed by atoms with Crippen LogP contribution in [0.15, 0.2) is 84.1 Å². The zero-order chi connectivity index (χ0) is 24.1. The number of alkyl halides is 2. The van der Waals surface area contributed by atoms with Crippen LogP contribution in [0.4, 0.5) is 0 Å². The van der Waals surface area contributed by atoms with E-state index in [1.165, 1.54) is 16.7 Å². The second-order valence-corrected chi connectivity index (χ2v) is 9.31. The lowest BCUT2D eigenvalue weighted by Crippen LogP contribution is -2.70. The van der Waals surface area contributed by atoms with Crippen molar-refractivity contribution in [2.45, 2.75) is 17.5 Å². The summed E-state index contributed by atoms with van der Waals surface area (Å²) in [6.07, 6.45) is 2.80. The van der Waals surface area contributed by atoms with Crippen molar-refractivity contribution >= 4 is 52.7 Å². The third-order valence-corrected chi connectivity index (χ3v) is 7.19. The van der Waals surface area contributed by atoms with Crippen LogP contribution < -0.4 is 5.32 Å². The maximum atomic E-state index is 13.6. The first-order valence-electron chi connectivity index (χ1n) is 10.6. The van der Waals surface area contributed by atoms with E-state index in [2.05, 4.69) is 5.32 Å². The molecular weight excluding hydrogens is 495 g/mol. The molecule has 2 aliphatic rings. The third kappa shape index (κ3) is 5.02. The Morgan fingerprint density at radius 1 is 1.09 bits per heavy atom. The fourth-order valence-corrected chi connectivity index (χ4v) is 5.39. The molecule has 0 radical (unpaired) electrons. The molecule has 0 spiro atoms. The van der Waals surface area contributed by atoms with Crippen molar-refractivity contribution < 1.29 is 19.1 Å². The molecule has 6 nitrogen and oxygen atoms in total. The average molecular weight is 517 g/mol. The van der Waals surface area contributed by atoms with Crippen LogP contribution in [-0.4, -0.2) is 51.6 Å². The van der Waals surface area contributed by atoms with E-state index in [9.17, 15) is 14.4 Å². The van der Waals surface area contributed by atoms with Crippen LogP contribution >= 0.6 is 35.0 Å². The first kappa shape index (κ1) is 24.4. The summed E-state index contributed by atoms with van der Waals surface area (Å²) >= 11 is 12.9. The number of rotatable bonds is 8. The second-order valence-electron chi connectivity index (χ2n) is 7.63. The highest BCUT2D eigenvalue weighted by Gasteiger charge is 2.54. The van der Waals surface area contributed by atoms with Gasteiger partial charge in [-0.05, 0) is 16.7 Å². The number of thioether (sulfide) groups is 1. The van der Waals surface area contributed by atoms with E-state index in [0.29, 0.717) is 11.3 Å². The quantitative estimate of drug-likeness (QED) is 0.326. The summed E-state index contributed by atoms with van der Waals surface area (Å²) in [5.41, 5.74) is 2.43. The maximum Gasteiger partial charge on any atom is 0.356 e. The number of ether oxygens (including phenoxy) is 1. The number of hydrogen-bond acceptors (Lipinski definition) is 5. The Kier molecular flexibility index (Phi) is 7.98. The van der Waals surface area contributed by atoms with Crippen molar-refractivity contribution in [2.24, 2.45) is 0 Å². The van der Waals surface area contributed by atoms with Gasteiger partial charge in [0, 0.05) is 11.6 Å². The highest BCUT2D eigenvalue weighted by Crippen LogP contribution is 2.42. The van der Waals surface area contributed by atoms with Crippen LogP contribution in [0, 0.1) is 0 Å². The van der Waals surface area contributed by atoms with Gasteiger partial charge in [0.2, 0.25) is 5.91 Å². The van der Waals surface area contributed by atoms with E-state index in [0.717, 1.165) is 11.1 Å². The number of carbonyl (C=O) groups is 3. The number of amides is 2. The SMILES string of the molecule is O=C(CCl)N[C@@H]1C(=O)N2C(C(=O)OC(c3ccccc3)c3ccccc3)=C(/C=C/CCl)CS[C@@H]12. The number of esters is 1. The molecule has 0 bridgehead atoms. The number of benzene rings is 2. The van der Waals surface area contributed by atoms with Crippen molar-refractivity contribution in [2.75, 3.05) is 17.5 Å². The van der Waals surface area contributed by atoms with Gasteiger partial charge in [-0.1, -0.05) is 72.8 Å². The first-order chi connectivity index (χ1) is 16.5. The van der Waals surface area contributed by atoms with E-state index in [-0.39, 0.29) is 23.4 Å². The molecule has 2 aliphatic heterocycles. The van der Waals surface area contributed by atoms with Crippen molar-refractivity contribution in [3.8, 4) is 0 Å². The molecule has 0 aliphatic carbocycles. The lowest BCUT2D eigenvalue weighted by molar-refractivity contribution is -0.154. The van der Waals surface area contributed by atoms with Crippen molar-refractivity contribution in [1.82, 2.24) is 10.2 Å². The van der Waals surface area contributed by atoms with E-state index in [4.69, 9.17) is 27.9 Å².